The molecule has 0 spiro atoms. The fourth-order valence-electron chi connectivity index (χ4n) is 8.20. The molecule has 15 aliphatic rings. The standard InChI is InChI=1S/C50H42N2O2S.2Y/c1-27-31(5)47-32(6)28(2)41(27)21-19-39-25-46(54-10)40(26-45(39)53-9)20-22-42-29(3)33(7)48(34(8)30(42)4)38-17-13-36(14-18-38)44-24-23-43(49-50(44)52-55-51-49)35-11-15-37(47)16-12-35;;/h11-20,23-24H,1-10H3;;/q-4;;. The Labute approximate surface area is 391 Å². The van der Waals surface area contributed by atoms with Crippen molar-refractivity contribution in [3.8, 4) is 56.0 Å². The molecule has 4 nitrogen and oxygen atoms in total. The summed E-state index contributed by atoms with van der Waals surface area (Å²) in [6.07, 6.45) is 11.1. The van der Waals surface area contributed by atoms with E-state index in [9.17, 15) is 0 Å². The number of methoxy groups -OCH3 is 2. The Morgan fingerprint density at radius 2 is 0.754 bits per heavy atom. The number of hydrogen-bond donors (Lipinski definition) is 0. The van der Waals surface area contributed by atoms with E-state index >= 15 is 0 Å². The molecule has 1 heterocycles. The van der Waals surface area contributed by atoms with Crippen molar-refractivity contribution in [2.45, 2.75) is 55.4 Å². The molecule has 0 saturated heterocycles. The molecular weight excluding hydrogens is 870 g/mol. The van der Waals surface area contributed by atoms with E-state index in [4.69, 9.17) is 18.2 Å². The Bertz CT molecular complexity index is 2500. The molecule has 0 N–H and O–H groups in total. The Kier molecular flexibility index (Phi) is 13.1. The predicted octanol–water partition coefficient (Wildman–Crippen LogP) is 12.5. The van der Waals surface area contributed by atoms with E-state index in [-0.39, 0.29) is 65.4 Å². The minimum atomic E-state index is 0. The van der Waals surface area contributed by atoms with Gasteiger partial charge < -0.3 is 9.47 Å². The van der Waals surface area contributed by atoms with Gasteiger partial charge in [0.05, 0.1) is 25.9 Å². The normalized spacial score (nSPS) is 11.6. The van der Waals surface area contributed by atoms with Crippen molar-refractivity contribution in [2.24, 2.45) is 0 Å². The van der Waals surface area contributed by atoms with Crippen LogP contribution in [0.5, 0.6) is 11.5 Å². The molecule has 280 valence electrons. The summed E-state index contributed by atoms with van der Waals surface area (Å²) in [4.78, 5) is 0. The minimum absolute atomic E-state index is 0. The third-order valence-corrected chi connectivity index (χ3v) is 12.3. The van der Waals surface area contributed by atoms with Crippen molar-refractivity contribution < 1.29 is 74.9 Å². The number of benzene rings is 6. The van der Waals surface area contributed by atoms with Gasteiger partial charge in [-0.3, -0.25) is 0 Å². The smallest absolute Gasteiger partial charge is 0.113 e. The second kappa shape index (κ2) is 17.3. The average molecular weight is 913 g/mol. The molecule has 0 atom stereocenters. The maximum atomic E-state index is 5.86. The second-order valence-corrected chi connectivity index (χ2v) is 15.0. The number of aromatic nitrogens is 2. The first-order valence-corrected chi connectivity index (χ1v) is 19.2. The molecule has 7 aromatic rings. The summed E-state index contributed by atoms with van der Waals surface area (Å²) in [6, 6.07) is 29.0. The van der Waals surface area contributed by atoms with Crippen LogP contribution in [0.15, 0.2) is 60.7 Å². The van der Waals surface area contributed by atoms with Crippen molar-refractivity contribution in [2.75, 3.05) is 14.2 Å². The topological polar surface area (TPSA) is 44.2 Å². The zero-order valence-corrected chi connectivity index (χ0v) is 40.7. The van der Waals surface area contributed by atoms with Gasteiger partial charge in [-0.1, -0.05) is 122 Å². The van der Waals surface area contributed by atoms with Gasteiger partial charge >= 0.3 is 0 Å². The third kappa shape index (κ3) is 7.49. The number of nitrogens with zero attached hydrogens (tertiary/aromatic N) is 2. The molecule has 0 fully saturated rings. The summed E-state index contributed by atoms with van der Waals surface area (Å²) in [7, 11) is 3.32. The quantitative estimate of drug-likeness (QED) is 0.162. The van der Waals surface area contributed by atoms with Crippen molar-refractivity contribution in [1.82, 2.24) is 8.75 Å². The monoisotopic (exact) mass is 912 g/mol. The van der Waals surface area contributed by atoms with Crippen LogP contribution in [-0.4, -0.2) is 23.0 Å². The van der Waals surface area contributed by atoms with Crippen LogP contribution in [0, 0.1) is 79.7 Å². The van der Waals surface area contributed by atoms with Gasteiger partial charge in [0.1, 0.15) is 11.0 Å². The molecule has 1 aromatic heterocycles. The zero-order valence-electron chi connectivity index (χ0n) is 34.2. The molecule has 0 unspecified atom stereocenters. The summed E-state index contributed by atoms with van der Waals surface area (Å²) in [5.74, 6) is 1.13. The van der Waals surface area contributed by atoms with Gasteiger partial charge in [0.2, 0.25) is 0 Å². The molecule has 7 heteroatoms. The van der Waals surface area contributed by atoms with Crippen LogP contribution in [0.2, 0.25) is 0 Å². The molecule has 15 aliphatic carbocycles. The van der Waals surface area contributed by atoms with Gasteiger partial charge in [-0.05, 0) is 61.1 Å². The van der Waals surface area contributed by atoms with Crippen LogP contribution in [-0.2, 0) is 65.4 Å². The Hall–Kier alpha value is -3.57. The summed E-state index contributed by atoms with van der Waals surface area (Å²) >= 11 is 1.26. The third-order valence-electron chi connectivity index (χ3n) is 11.8. The molecule has 12 bridgehead atoms. The second-order valence-electron chi connectivity index (χ2n) is 14.5. The van der Waals surface area contributed by atoms with Crippen LogP contribution in [0.3, 0.4) is 0 Å². The molecule has 0 aliphatic heterocycles. The number of rotatable bonds is 2. The minimum Gasteiger partial charge on any atom is -0.559 e. The first-order chi connectivity index (χ1) is 26.5. The first-order valence-electron chi connectivity index (χ1n) is 18.5. The zero-order chi connectivity index (χ0) is 38.7. The number of ether oxygens (including phenoxy) is 2. The summed E-state index contributed by atoms with van der Waals surface area (Å²) in [6.45, 7) is 17.5. The number of hydrogen-bond acceptors (Lipinski definition) is 5. The van der Waals surface area contributed by atoms with Gasteiger partial charge in [-0.25, -0.2) is 12.2 Å². The van der Waals surface area contributed by atoms with Gasteiger partial charge in [0.15, 0.2) is 0 Å². The van der Waals surface area contributed by atoms with E-state index in [1.54, 1.807) is 14.2 Å². The molecule has 2 radical (unpaired) electrons. The molecule has 22 rings (SSSR count). The summed E-state index contributed by atoms with van der Waals surface area (Å²) in [5, 5.41) is 0. The molecule has 6 aromatic carbocycles. The average Bonchev–Trinajstić information content (AvgIpc) is 3.70. The largest absolute Gasteiger partial charge is 0.559 e. The predicted molar refractivity (Wildman–Crippen MR) is 228 cm³/mol. The Morgan fingerprint density at radius 1 is 0.439 bits per heavy atom. The molecule has 0 saturated carbocycles. The first kappa shape index (κ1) is 43.0. The van der Waals surface area contributed by atoms with Gasteiger partial charge in [0, 0.05) is 76.5 Å². The fraction of sp³-hybridized carbons (Fsp3) is 0.200. The van der Waals surface area contributed by atoms with E-state index in [1.807, 2.05) is 12.2 Å². The van der Waals surface area contributed by atoms with Crippen molar-refractivity contribution in [3.63, 3.8) is 0 Å². The van der Waals surface area contributed by atoms with Crippen LogP contribution < -0.4 is 9.47 Å². The Balaban J connectivity index is 0.00000275. The Morgan fingerprint density at radius 3 is 1.07 bits per heavy atom. The van der Waals surface area contributed by atoms with Crippen molar-refractivity contribution in [1.29, 1.82) is 0 Å². The van der Waals surface area contributed by atoms with Crippen LogP contribution in [0.1, 0.15) is 66.8 Å². The summed E-state index contributed by atoms with van der Waals surface area (Å²) < 4.78 is 21.3. The van der Waals surface area contributed by atoms with Crippen molar-refractivity contribution in [3.05, 3.63) is 152 Å². The SMILES string of the molecule is COc1[c-]c2c(OC)[c-]c1C=[C-]c1c(C)c(C)c(c(C)c1C)-c1ccc(cc1)-c1ccc(c3nsnc13)-c1ccc(cc1)-c1c(C)c(C)c(c(C)c1C)[C-]=C2.[Y].[Y]. The maximum Gasteiger partial charge on any atom is 0.113 e. The van der Waals surface area contributed by atoms with Gasteiger partial charge in [0.25, 0.3) is 0 Å². The molecule has 57 heavy (non-hydrogen) atoms. The maximum absolute atomic E-state index is 5.86. The van der Waals surface area contributed by atoms with E-state index in [0.29, 0.717) is 22.6 Å². The fourth-order valence-corrected chi connectivity index (χ4v) is 8.77. The van der Waals surface area contributed by atoms with E-state index in [0.717, 1.165) is 44.4 Å². The van der Waals surface area contributed by atoms with Gasteiger partial charge in [-0.2, -0.15) is 55.3 Å². The van der Waals surface area contributed by atoms with Crippen LogP contribution in [0.25, 0.3) is 67.7 Å². The molecule has 0 amide bonds. The van der Waals surface area contributed by atoms with Crippen LogP contribution >= 0.6 is 11.7 Å². The van der Waals surface area contributed by atoms with Crippen molar-refractivity contribution >= 4 is 34.9 Å². The van der Waals surface area contributed by atoms with E-state index in [1.165, 1.54) is 78.5 Å². The molecular formula is C50H42N2O2SY2-4. The summed E-state index contributed by atoms with van der Waals surface area (Å²) in [5.41, 5.74) is 24.2. The van der Waals surface area contributed by atoms with E-state index in [2.05, 4.69) is 140 Å². The van der Waals surface area contributed by atoms with Gasteiger partial charge in [-0.15, -0.1) is 22.3 Å². The van der Waals surface area contributed by atoms with E-state index < -0.39 is 0 Å². The van der Waals surface area contributed by atoms with Crippen LogP contribution in [0.4, 0.5) is 0 Å².